The highest BCUT2D eigenvalue weighted by atomic mass is 16.4. The van der Waals surface area contributed by atoms with Crippen molar-refractivity contribution in [3.8, 4) is 0 Å². The summed E-state index contributed by atoms with van der Waals surface area (Å²) in [4.78, 5) is 35.3. The van der Waals surface area contributed by atoms with Crippen molar-refractivity contribution in [1.29, 1.82) is 0 Å². The number of aliphatic carboxylic acids is 1. The predicted octanol–water partition coefficient (Wildman–Crippen LogP) is 5.06. The number of rotatable bonds is 15. The fraction of sp³-hybridized carbons (Fsp3) is 0.708. The summed E-state index contributed by atoms with van der Waals surface area (Å²) >= 11 is 0. The molecule has 0 radical (unpaired) electrons. The van der Waals surface area contributed by atoms with E-state index in [0.29, 0.717) is 12.3 Å². The Kier molecular flexibility index (Phi) is 12.2. The van der Waals surface area contributed by atoms with E-state index in [0.717, 1.165) is 57.8 Å². The Hall–Kier alpha value is -1.91. The molecular weight excluding hydrogens is 366 g/mol. The molecule has 0 aliphatic heterocycles. The molecule has 1 aliphatic carbocycles. The van der Waals surface area contributed by atoms with Gasteiger partial charge in [0.1, 0.15) is 6.04 Å². The Labute approximate surface area is 176 Å². The van der Waals surface area contributed by atoms with Crippen LogP contribution in [0.2, 0.25) is 0 Å². The van der Waals surface area contributed by atoms with Gasteiger partial charge in [-0.1, -0.05) is 71.1 Å². The number of hydrogen-bond donors (Lipinski definition) is 2. The number of amides is 1. The number of ketones is 1. The summed E-state index contributed by atoms with van der Waals surface area (Å²) in [5.74, 6) is -0.462. The fourth-order valence-corrected chi connectivity index (χ4v) is 3.81. The normalized spacial score (nSPS) is 20.9. The molecule has 0 heterocycles. The maximum absolute atomic E-state index is 12.0. The summed E-state index contributed by atoms with van der Waals surface area (Å²) in [6.45, 7) is 5.87. The van der Waals surface area contributed by atoms with Gasteiger partial charge in [0.15, 0.2) is 5.78 Å². The molecule has 5 nitrogen and oxygen atoms in total. The topological polar surface area (TPSA) is 83.5 Å². The number of carboxylic acid groups (broad SMARTS) is 1. The van der Waals surface area contributed by atoms with Crippen molar-refractivity contribution in [3.05, 3.63) is 24.3 Å². The van der Waals surface area contributed by atoms with Crippen molar-refractivity contribution in [2.75, 3.05) is 0 Å². The van der Waals surface area contributed by atoms with Crippen LogP contribution in [0.5, 0.6) is 0 Å². The van der Waals surface area contributed by atoms with Crippen molar-refractivity contribution < 1.29 is 19.5 Å². The van der Waals surface area contributed by atoms with Gasteiger partial charge in [0, 0.05) is 12.3 Å². The van der Waals surface area contributed by atoms with Crippen LogP contribution < -0.4 is 5.32 Å². The molecule has 1 amide bonds. The van der Waals surface area contributed by atoms with E-state index in [2.05, 4.69) is 30.5 Å². The average Bonchev–Trinajstić information content (AvgIpc) is 3.04. The third-order valence-electron chi connectivity index (χ3n) is 5.92. The van der Waals surface area contributed by atoms with Crippen molar-refractivity contribution >= 4 is 17.7 Å². The second kappa shape index (κ2) is 14.1. The first kappa shape index (κ1) is 25.1. The van der Waals surface area contributed by atoms with Gasteiger partial charge in [-0.25, -0.2) is 4.79 Å². The number of allylic oxidation sites excluding steroid dienone is 4. The molecule has 0 aromatic heterocycles. The Balaban J connectivity index is 2.17. The van der Waals surface area contributed by atoms with Crippen molar-refractivity contribution in [2.45, 2.75) is 91.0 Å². The third kappa shape index (κ3) is 9.42. The average molecular weight is 406 g/mol. The molecule has 0 aromatic carbocycles. The second-order valence-corrected chi connectivity index (χ2v) is 8.22. The van der Waals surface area contributed by atoms with Crippen LogP contribution in [0.4, 0.5) is 0 Å². The molecule has 164 valence electrons. The number of carboxylic acids is 1. The number of carbonyl (C=O) groups is 3. The summed E-state index contributed by atoms with van der Waals surface area (Å²) in [7, 11) is 0. The van der Waals surface area contributed by atoms with Crippen LogP contribution in [-0.4, -0.2) is 28.8 Å². The van der Waals surface area contributed by atoms with E-state index in [1.165, 1.54) is 0 Å². The van der Waals surface area contributed by atoms with E-state index in [1.54, 1.807) is 6.08 Å². The van der Waals surface area contributed by atoms with Gasteiger partial charge in [-0.15, -0.1) is 0 Å². The predicted molar refractivity (Wildman–Crippen MR) is 117 cm³/mol. The van der Waals surface area contributed by atoms with Gasteiger partial charge in [0.05, 0.1) is 0 Å². The summed E-state index contributed by atoms with van der Waals surface area (Å²) < 4.78 is 0. The quantitative estimate of drug-likeness (QED) is 0.295. The molecule has 0 fully saturated rings. The Bertz CT molecular complexity index is 581. The van der Waals surface area contributed by atoms with Crippen LogP contribution in [0.15, 0.2) is 24.3 Å². The lowest BCUT2D eigenvalue weighted by Crippen LogP contribution is -2.44. The first-order chi connectivity index (χ1) is 13.9. The number of unbranched alkanes of at least 4 members (excludes halogenated alkanes) is 4. The van der Waals surface area contributed by atoms with Gasteiger partial charge in [-0.3, -0.25) is 9.59 Å². The highest BCUT2D eigenvalue weighted by Gasteiger charge is 2.28. The maximum atomic E-state index is 12.0. The Morgan fingerprint density at radius 1 is 1.14 bits per heavy atom. The first-order valence-electron chi connectivity index (χ1n) is 11.3. The zero-order valence-corrected chi connectivity index (χ0v) is 18.4. The van der Waals surface area contributed by atoms with E-state index in [9.17, 15) is 19.5 Å². The Morgan fingerprint density at radius 3 is 2.48 bits per heavy atom. The molecule has 0 aromatic rings. The van der Waals surface area contributed by atoms with Crippen LogP contribution in [0, 0.1) is 17.8 Å². The minimum atomic E-state index is -0.962. The minimum absolute atomic E-state index is 0.0748. The molecule has 0 unspecified atom stereocenters. The van der Waals surface area contributed by atoms with Gasteiger partial charge in [-0.2, -0.15) is 0 Å². The van der Waals surface area contributed by atoms with Gasteiger partial charge in [0.25, 0.3) is 0 Å². The van der Waals surface area contributed by atoms with Crippen molar-refractivity contribution in [3.63, 3.8) is 0 Å². The molecule has 1 aliphatic rings. The number of carbonyl (C=O) groups excluding carboxylic acids is 2. The maximum Gasteiger partial charge on any atom is 0.326 e. The second-order valence-electron chi connectivity index (χ2n) is 8.22. The van der Waals surface area contributed by atoms with E-state index in [4.69, 9.17) is 0 Å². The zero-order chi connectivity index (χ0) is 21.6. The lowest BCUT2D eigenvalue weighted by molar-refractivity contribution is -0.143. The lowest BCUT2D eigenvalue weighted by Gasteiger charge is -2.20. The van der Waals surface area contributed by atoms with E-state index in [-0.39, 0.29) is 23.5 Å². The van der Waals surface area contributed by atoms with Crippen LogP contribution in [0.25, 0.3) is 0 Å². The van der Waals surface area contributed by atoms with E-state index in [1.807, 2.05) is 13.8 Å². The van der Waals surface area contributed by atoms with E-state index < -0.39 is 12.0 Å². The molecule has 29 heavy (non-hydrogen) atoms. The monoisotopic (exact) mass is 405 g/mol. The molecule has 0 spiro atoms. The molecule has 5 heteroatoms. The molecule has 1 rings (SSSR count). The van der Waals surface area contributed by atoms with Crippen molar-refractivity contribution in [1.82, 2.24) is 5.32 Å². The number of nitrogens with one attached hydrogen (secondary N) is 1. The SMILES string of the molecule is CC/C=C/C[C@@H]1C(=O)C=C[C@@H]1CCCCCCCC(=O)N[C@H](C(=O)O)[C@@H](C)CC. The lowest BCUT2D eigenvalue weighted by atomic mass is 9.87. The fourth-order valence-electron chi connectivity index (χ4n) is 3.81. The molecular formula is C24H39NO4. The van der Waals surface area contributed by atoms with Crippen LogP contribution >= 0.6 is 0 Å². The highest BCUT2D eigenvalue weighted by molar-refractivity contribution is 5.94. The smallest absolute Gasteiger partial charge is 0.326 e. The highest BCUT2D eigenvalue weighted by Crippen LogP contribution is 2.30. The molecule has 0 saturated carbocycles. The van der Waals surface area contributed by atoms with Gasteiger partial charge in [-0.05, 0) is 43.6 Å². The largest absolute Gasteiger partial charge is 0.480 e. The summed E-state index contributed by atoms with van der Waals surface area (Å²) in [6, 6.07) is -0.796. The van der Waals surface area contributed by atoms with Gasteiger partial charge in [0.2, 0.25) is 5.91 Å². The van der Waals surface area contributed by atoms with Crippen molar-refractivity contribution in [2.24, 2.45) is 17.8 Å². The van der Waals surface area contributed by atoms with Gasteiger partial charge >= 0.3 is 5.97 Å². The Morgan fingerprint density at radius 2 is 1.83 bits per heavy atom. The third-order valence-corrected chi connectivity index (χ3v) is 5.92. The molecule has 0 bridgehead atoms. The zero-order valence-electron chi connectivity index (χ0n) is 18.4. The van der Waals surface area contributed by atoms with E-state index >= 15 is 0 Å². The number of hydrogen-bond acceptors (Lipinski definition) is 3. The molecule has 4 atom stereocenters. The first-order valence-corrected chi connectivity index (χ1v) is 11.3. The van der Waals surface area contributed by atoms with Crippen LogP contribution in [0.1, 0.15) is 85.0 Å². The summed E-state index contributed by atoms with van der Waals surface area (Å²) in [6.07, 6.45) is 17.1. The molecule has 0 saturated heterocycles. The summed E-state index contributed by atoms with van der Waals surface area (Å²) in [5, 5.41) is 11.9. The standard InChI is InChI=1S/C24H39NO4/c1-4-6-10-14-20-19(16-17-21(20)26)13-11-8-7-9-12-15-22(27)25-23(24(28)29)18(3)5-2/h6,10,16-20,23H,4-5,7-9,11-15H2,1-3H3,(H,25,27)(H,28,29)/b10-6+/t18-,19-,20-,23-/m0/s1. The minimum Gasteiger partial charge on any atom is -0.480 e. The van der Waals surface area contributed by atoms with Gasteiger partial charge < -0.3 is 10.4 Å². The van der Waals surface area contributed by atoms with Crippen LogP contribution in [0.3, 0.4) is 0 Å². The molecule has 2 N–H and O–H groups in total. The van der Waals surface area contributed by atoms with Crippen LogP contribution in [-0.2, 0) is 14.4 Å². The summed E-state index contributed by atoms with van der Waals surface area (Å²) in [5.41, 5.74) is 0.